The average Bonchev–Trinajstić information content (AvgIpc) is 2.45. The van der Waals surface area contributed by atoms with E-state index in [4.69, 9.17) is 5.11 Å². The maximum Gasteiger partial charge on any atom is 1.00 e. The van der Waals surface area contributed by atoms with Crippen molar-refractivity contribution in [3.05, 3.63) is 36.1 Å². The van der Waals surface area contributed by atoms with Crippen molar-refractivity contribution in [2.75, 3.05) is 0 Å². The normalized spacial score (nSPS) is 12.0. The molecule has 22 heavy (non-hydrogen) atoms. The molecule has 0 amide bonds. The molecule has 0 unspecified atom stereocenters. The van der Waals surface area contributed by atoms with Crippen LogP contribution < -0.4 is 34.7 Å². The number of hydrogen-bond acceptors (Lipinski definition) is 2. The summed E-state index contributed by atoms with van der Waals surface area (Å²) in [6.07, 6.45) is 18.4. The van der Waals surface area contributed by atoms with Crippen LogP contribution in [0.4, 0.5) is 0 Å². The minimum absolute atomic E-state index is 0. The third-order valence-corrected chi connectivity index (χ3v) is 3.13. The number of allylic oxidation sites excluding steroid dienone is 5. The molecule has 0 atom stereocenters. The van der Waals surface area contributed by atoms with Crippen LogP contribution in [0.3, 0.4) is 0 Å². The molecule has 0 fully saturated rings. The van der Waals surface area contributed by atoms with Gasteiger partial charge in [-0.05, 0) is 38.5 Å². The van der Waals surface area contributed by atoms with E-state index in [0.29, 0.717) is 6.42 Å². The van der Waals surface area contributed by atoms with Gasteiger partial charge < -0.3 is 10.2 Å². The second kappa shape index (κ2) is 18.5. The Labute approximate surface area is 157 Å². The zero-order valence-electron chi connectivity index (χ0n) is 14.2. The SMILES string of the molecule is CC/C=C\C/C=C\C/C([O-])=C\CCCCCCCC(=O)O.[Na+]. The Morgan fingerprint density at radius 3 is 2.32 bits per heavy atom. The van der Waals surface area contributed by atoms with Gasteiger partial charge in [0.2, 0.25) is 0 Å². The van der Waals surface area contributed by atoms with Gasteiger partial charge in [-0.1, -0.05) is 56.6 Å². The van der Waals surface area contributed by atoms with E-state index < -0.39 is 5.97 Å². The van der Waals surface area contributed by atoms with Gasteiger partial charge in [-0.15, -0.1) is 5.76 Å². The minimum Gasteiger partial charge on any atom is -0.875 e. The molecular formula is C18H29NaO3. The largest absolute Gasteiger partial charge is 1.00 e. The average molecular weight is 316 g/mol. The van der Waals surface area contributed by atoms with Crippen LogP contribution in [0.1, 0.15) is 71.1 Å². The van der Waals surface area contributed by atoms with E-state index >= 15 is 0 Å². The molecule has 0 aromatic carbocycles. The summed E-state index contributed by atoms with van der Waals surface area (Å²) in [6, 6.07) is 0. The number of unbranched alkanes of at least 4 members (excludes halogenated alkanes) is 5. The predicted octanol–water partition coefficient (Wildman–Crippen LogP) is 1.35. The van der Waals surface area contributed by atoms with E-state index in [2.05, 4.69) is 19.1 Å². The van der Waals surface area contributed by atoms with E-state index in [0.717, 1.165) is 51.4 Å². The van der Waals surface area contributed by atoms with Crippen molar-refractivity contribution in [2.24, 2.45) is 0 Å². The molecule has 0 saturated heterocycles. The molecule has 0 bridgehead atoms. The predicted molar refractivity (Wildman–Crippen MR) is 85.8 cm³/mol. The fourth-order valence-corrected chi connectivity index (χ4v) is 1.93. The van der Waals surface area contributed by atoms with Gasteiger partial charge in [0.1, 0.15) is 0 Å². The molecular weight excluding hydrogens is 287 g/mol. The first-order valence-corrected chi connectivity index (χ1v) is 8.04. The van der Waals surface area contributed by atoms with Gasteiger partial charge in [0.05, 0.1) is 0 Å². The molecule has 0 radical (unpaired) electrons. The van der Waals surface area contributed by atoms with Crippen molar-refractivity contribution in [3.8, 4) is 0 Å². The second-order valence-electron chi connectivity index (χ2n) is 5.16. The number of hydrogen-bond donors (Lipinski definition) is 1. The smallest absolute Gasteiger partial charge is 0.875 e. The molecule has 0 aromatic heterocycles. The van der Waals surface area contributed by atoms with Crippen LogP contribution in [0.25, 0.3) is 0 Å². The fraction of sp³-hybridized carbons (Fsp3) is 0.611. The van der Waals surface area contributed by atoms with E-state index in [-0.39, 0.29) is 41.7 Å². The Kier molecular flexibility index (Phi) is 20.0. The number of carbonyl (C=O) groups is 1. The molecule has 0 aliphatic carbocycles. The Bertz CT molecular complexity index is 346. The molecule has 1 N–H and O–H groups in total. The Morgan fingerprint density at radius 2 is 1.64 bits per heavy atom. The Morgan fingerprint density at radius 1 is 1.00 bits per heavy atom. The first kappa shape index (κ1) is 23.8. The third-order valence-electron chi connectivity index (χ3n) is 3.13. The monoisotopic (exact) mass is 316 g/mol. The van der Waals surface area contributed by atoms with Gasteiger partial charge in [-0.2, -0.15) is 0 Å². The molecule has 0 aliphatic heterocycles. The maximum atomic E-state index is 11.6. The summed E-state index contributed by atoms with van der Waals surface area (Å²) in [5.41, 5.74) is 0. The van der Waals surface area contributed by atoms with Crippen LogP contribution in [0.5, 0.6) is 0 Å². The van der Waals surface area contributed by atoms with E-state index in [1.165, 1.54) is 0 Å². The second-order valence-corrected chi connectivity index (χ2v) is 5.16. The summed E-state index contributed by atoms with van der Waals surface area (Å²) < 4.78 is 0. The molecule has 0 saturated carbocycles. The van der Waals surface area contributed by atoms with E-state index in [9.17, 15) is 9.90 Å². The zero-order chi connectivity index (χ0) is 15.8. The van der Waals surface area contributed by atoms with Crippen molar-refractivity contribution >= 4 is 5.97 Å². The fourth-order valence-electron chi connectivity index (χ4n) is 1.93. The summed E-state index contributed by atoms with van der Waals surface area (Å²) in [5.74, 6) is -0.524. The van der Waals surface area contributed by atoms with Gasteiger partial charge in [0.15, 0.2) is 0 Å². The third kappa shape index (κ3) is 19.5. The molecule has 0 aliphatic rings. The molecule has 0 aromatic rings. The molecule has 4 heteroatoms. The minimum atomic E-state index is -0.716. The van der Waals surface area contributed by atoms with E-state index in [1.54, 1.807) is 6.08 Å². The molecule has 3 nitrogen and oxygen atoms in total. The van der Waals surface area contributed by atoms with Gasteiger partial charge in [-0.3, -0.25) is 4.79 Å². The zero-order valence-corrected chi connectivity index (χ0v) is 16.2. The van der Waals surface area contributed by atoms with Crippen LogP contribution in [0, 0.1) is 0 Å². The van der Waals surface area contributed by atoms with Crippen molar-refractivity contribution < 1.29 is 44.6 Å². The van der Waals surface area contributed by atoms with Crippen molar-refractivity contribution in [3.63, 3.8) is 0 Å². The summed E-state index contributed by atoms with van der Waals surface area (Å²) >= 11 is 0. The first-order chi connectivity index (χ1) is 10.2. The molecule has 0 heterocycles. The van der Waals surface area contributed by atoms with Crippen LogP contribution in [-0.4, -0.2) is 11.1 Å². The van der Waals surface area contributed by atoms with Gasteiger partial charge in [0, 0.05) is 6.42 Å². The van der Waals surface area contributed by atoms with Crippen LogP contribution in [0.15, 0.2) is 36.1 Å². The van der Waals surface area contributed by atoms with Gasteiger partial charge in [0.25, 0.3) is 0 Å². The van der Waals surface area contributed by atoms with Crippen molar-refractivity contribution in [1.82, 2.24) is 0 Å². The number of aliphatic carboxylic acids is 1. The standard InChI is InChI=1S/C18H30O3.Na/c1-2-3-4-5-8-11-14-17(19)15-12-9-6-7-10-13-16-18(20)21;/h3-4,8,11,15,19H,2,5-7,9-10,12-14,16H2,1H3,(H,20,21);/q;+1/p-1/b4-3-,11-8-,17-15+;. The first-order valence-electron chi connectivity index (χ1n) is 8.04. The van der Waals surface area contributed by atoms with Crippen LogP contribution in [0.2, 0.25) is 0 Å². The molecule has 120 valence electrons. The maximum absolute atomic E-state index is 11.6. The number of rotatable bonds is 13. The molecule has 0 rings (SSSR count). The Hall–Kier alpha value is -0.510. The van der Waals surface area contributed by atoms with Crippen molar-refractivity contribution in [1.29, 1.82) is 0 Å². The quantitative estimate of drug-likeness (QED) is 0.241. The van der Waals surface area contributed by atoms with Crippen LogP contribution in [-0.2, 0) is 4.79 Å². The van der Waals surface area contributed by atoms with Gasteiger partial charge >= 0.3 is 35.5 Å². The Balaban J connectivity index is 0. The summed E-state index contributed by atoms with van der Waals surface area (Å²) in [5, 5.41) is 20.0. The molecule has 0 spiro atoms. The summed E-state index contributed by atoms with van der Waals surface area (Å²) in [4.78, 5) is 10.3. The van der Waals surface area contributed by atoms with Crippen molar-refractivity contribution in [2.45, 2.75) is 71.1 Å². The van der Waals surface area contributed by atoms with Gasteiger partial charge in [-0.25, -0.2) is 0 Å². The topological polar surface area (TPSA) is 60.4 Å². The number of carboxylic acids is 1. The van der Waals surface area contributed by atoms with E-state index in [1.807, 2.05) is 12.2 Å². The van der Waals surface area contributed by atoms with Crippen LogP contribution >= 0.6 is 0 Å². The summed E-state index contributed by atoms with van der Waals surface area (Å²) in [7, 11) is 0. The summed E-state index contributed by atoms with van der Waals surface area (Å²) in [6.45, 7) is 2.10. The number of carboxylic acid groups (broad SMARTS) is 1.